The van der Waals surface area contributed by atoms with Crippen LogP contribution in [0.3, 0.4) is 0 Å². The van der Waals surface area contributed by atoms with E-state index >= 15 is 0 Å². The number of carbonyl (C=O) groups excluding carboxylic acids is 1. The van der Waals surface area contributed by atoms with Gasteiger partial charge in [0.2, 0.25) is 5.91 Å². The van der Waals surface area contributed by atoms with Crippen LogP contribution in [0.2, 0.25) is 0 Å². The molecule has 1 aliphatic heterocycles. The van der Waals surface area contributed by atoms with Gasteiger partial charge in [-0.15, -0.1) is 0 Å². The molecule has 0 aromatic heterocycles. The van der Waals surface area contributed by atoms with Crippen molar-refractivity contribution < 1.29 is 4.79 Å². The van der Waals surface area contributed by atoms with Crippen molar-refractivity contribution in [1.29, 1.82) is 0 Å². The number of anilines is 2. The summed E-state index contributed by atoms with van der Waals surface area (Å²) in [6, 6.07) is 4.48. The van der Waals surface area contributed by atoms with Crippen molar-refractivity contribution in [2.45, 2.75) is 66.7 Å². The number of aryl methyl sites for hydroxylation is 2. The van der Waals surface area contributed by atoms with Crippen molar-refractivity contribution >= 4 is 17.3 Å². The Morgan fingerprint density at radius 3 is 2.08 bits per heavy atom. The van der Waals surface area contributed by atoms with E-state index in [2.05, 4.69) is 57.0 Å². The molecule has 1 aromatic rings. The van der Waals surface area contributed by atoms with Crippen molar-refractivity contribution in [2.24, 2.45) is 10.8 Å². The quantitative estimate of drug-likeness (QED) is 0.841. The van der Waals surface area contributed by atoms with Gasteiger partial charge in [-0.25, -0.2) is 0 Å². The number of hydrogen-bond acceptors (Lipinski definition) is 2. The first-order valence-corrected chi connectivity index (χ1v) is 9.34. The van der Waals surface area contributed by atoms with Gasteiger partial charge in [0.25, 0.3) is 0 Å². The molecule has 1 aliphatic carbocycles. The average Bonchev–Trinajstić information content (AvgIpc) is 3.21. The number of hydrogen-bond donors (Lipinski definition) is 1. The Morgan fingerprint density at radius 2 is 1.62 bits per heavy atom. The Balaban J connectivity index is 1.70. The normalized spacial score (nSPS) is 19.5. The summed E-state index contributed by atoms with van der Waals surface area (Å²) < 4.78 is 0. The highest BCUT2D eigenvalue weighted by molar-refractivity contribution is 5.93. The minimum Gasteiger partial charge on any atom is -0.371 e. The number of nitrogens with zero attached hydrogens (tertiary/aromatic N) is 1. The SMILES string of the molecule is Cc1cc(N2CCC3(CC2)CC3)cc(C)c1NC(=O)CC(C)(C)C. The number of piperidine rings is 1. The Bertz CT molecular complexity index is 605. The zero-order chi connectivity index (χ0) is 17.5. The first-order valence-electron chi connectivity index (χ1n) is 9.34. The van der Waals surface area contributed by atoms with Crippen LogP contribution in [0.5, 0.6) is 0 Å². The zero-order valence-corrected chi connectivity index (χ0v) is 16.0. The Kier molecular flexibility index (Phi) is 4.39. The van der Waals surface area contributed by atoms with Gasteiger partial charge in [0.05, 0.1) is 0 Å². The van der Waals surface area contributed by atoms with Crippen molar-refractivity contribution in [1.82, 2.24) is 0 Å². The van der Waals surface area contributed by atoms with E-state index in [1.54, 1.807) is 0 Å². The second kappa shape index (κ2) is 6.09. The fraction of sp³-hybridized carbons (Fsp3) is 0.667. The van der Waals surface area contributed by atoms with Crippen LogP contribution in [0.25, 0.3) is 0 Å². The zero-order valence-electron chi connectivity index (χ0n) is 16.0. The molecule has 0 atom stereocenters. The third-order valence-corrected chi connectivity index (χ3v) is 5.62. The van der Waals surface area contributed by atoms with Gasteiger partial charge in [-0.2, -0.15) is 0 Å². The minimum atomic E-state index is 0.0123. The molecule has 3 nitrogen and oxygen atoms in total. The van der Waals surface area contributed by atoms with Crippen LogP contribution in [-0.2, 0) is 4.79 Å². The second-order valence-corrected chi connectivity index (χ2v) is 9.23. The van der Waals surface area contributed by atoms with Gasteiger partial charge in [0, 0.05) is 30.9 Å². The fourth-order valence-electron chi connectivity index (χ4n) is 3.90. The van der Waals surface area contributed by atoms with Crippen molar-refractivity contribution in [3.05, 3.63) is 23.3 Å². The van der Waals surface area contributed by atoms with Crippen LogP contribution in [0.15, 0.2) is 12.1 Å². The molecule has 0 bridgehead atoms. The number of amides is 1. The first-order chi connectivity index (χ1) is 11.2. The molecule has 3 rings (SSSR count). The first kappa shape index (κ1) is 17.3. The topological polar surface area (TPSA) is 32.3 Å². The van der Waals surface area contributed by atoms with E-state index in [1.807, 2.05) is 0 Å². The molecule has 1 saturated carbocycles. The van der Waals surface area contributed by atoms with Crippen LogP contribution in [0, 0.1) is 24.7 Å². The lowest BCUT2D eigenvalue weighted by molar-refractivity contribution is -0.117. The van der Waals surface area contributed by atoms with E-state index in [-0.39, 0.29) is 11.3 Å². The highest BCUT2D eigenvalue weighted by Crippen LogP contribution is 2.54. The van der Waals surface area contributed by atoms with Crippen LogP contribution < -0.4 is 10.2 Å². The molecular formula is C21H32N2O. The highest BCUT2D eigenvalue weighted by atomic mass is 16.1. The summed E-state index contributed by atoms with van der Waals surface area (Å²) in [5.41, 5.74) is 5.36. The molecule has 1 spiro atoms. The van der Waals surface area contributed by atoms with E-state index in [0.29, 0.717) is 11.8 Å². The van der Waals surface area contributed by atoms with Crippen molar-refractivity contribution in [2.75, 3.05) is 23.3 Å². The van der Waals surface area contributed by atoms with E-state index in [4.69, 9.17) is 0 Å². The summed E-state index contributed by atoms with van der Waals surface area (Å²) in [5, 5.41) is 3.13. The smallest absolute Gasteiger partial charge is 0.224 e. The van der Waals surface area contributed by atoms with Gasteiger partial charge in [-0.05, 0) is 73.6 Å². The number of carbonyl (C=O) groups is 1. The summed E-state index contributed by atoms with van der Waals surface area (Å²) in [6.45, 7) is 12.9. The molecule has 1 aromatic carbocycles. The third kappa shape index (κ3) is 3.93. The summed E-state index contributed by atoms with van der Waals surface area (Å²) >= 11 is 0. The fourth-order valence-corrected chi connectivity index (χ4v) is 3.90. The average molecular weight is 329 g/mol. The lowest BCUT2D eigenvalue weighted by Crippen LogP contribution is -2.34. The van der Waals surface area contributed by atoms with Crippen molar-refractivity contribution in [3.8, 4) is 0 Å². The molecule has 132 valence electrons. The lowest BCUT2D eigenvalue weighted by atomic mass is 9.91. The van der Waals surface area contributed by atoms with Crippen LogP contribution in [-0.4, -0.2) is 19.0 Å². The summed E-state index contributed by atoms with van der Waals surface area (Å²) in [6.07, 6.45) is 6.11. The van der Waals surface area contributed by atoms with Gasteiger partial charge < -0.3 is 10.2 Å². The molecule has 24 heavy (non-hydrogen) atoms. The predicted molar refractivity (Wildman–Crippen MR) is 102 cm³/mol. The molecule has 0 unspecified atom stereocenters. The molecular weight excluding hydrogens is 296 g/mol. The summed E-state index contributed by atoms with van der Waals surface area (Å²) in [5.74, 6) is 0.107. The third-order valence-electron chi connectivity index (χ3n) is 5.62. The van der Waals surface area contributed by atoms with E-state index in [9.17, 15) is 4.79 Å². The maximum Gasteiger partial charge on any atom is 0.224 e. The molecule has 3 heteroatoms. The molecule has 2 fully saturated rings. The van der Waals surface area contributed by atoms with E-state index < -0.39 is 0 Å². The molecule has 1 amide bonds. The molecule has 1 heterocycles. The molecule has 1 N–H and O–H groups in total. The van der Waals surface area contributed by atoms with Gasteiger partial charge in [0.15, 0.2) is 0 Å². The maximum atomic E-state index is 12.3. The Hall–Kier alpha value is -1.51. The number of rotatable bonds is 3. The Morgan fingerprint density at radius 1 is 1.08 bits per heavy atom. The van der Waals surface area contributed by atoms with Crippen LogP contribution >= 0.6 is 0 Å². The van der Waals surface area contributed by atoms with Gasteiger partial charge >= 0.3 is 0 Å². The highest BCUT2D eigenvalue weighted by Gasteiger charge is 2.44. The second-order valence-electron chi connectivity index (χ2n) is 9.23. The number of benzene rings is 1. The largest absolute Gasteiger partial charge is 0.371 e. The molecule has 1 saturated heterocycles. The number of nitrogens with one attached hydrogen (secondary N) is 1. The standard InChI is InChI=1S/C21H32N2O/c1-15-12-17(23-10-8-21(6-7-21)9-11-23)13-16(2)19(15)22-18(24)14-20(3,4)5/h12-13H,6-11,14H2,1-5H3,(H,22,24). The van der Waals surface area contributed by atoms with Gasteiger partial charge in [-0.3, -0.25) is 4.79 Å². The lowest BCUT2D eigenvalue weighted by Gasteiger charge is -2.34. The minimum absolute atomic E-state index is 0.0123. The van der Waals surface area contributed by atoms with Gasteiger partial charge in [0.1, 0.15) is 0 Å². The predicted octanol–water partition coefficient (Wildman–Crippen LogP) is 5.06. The maximum absolute atomic E-state index is 12.3. The summed E-state index contributed by atoms with van der Waals surface area (Å²) in [4.78, 5) is 14.8. The van der Waals surface area contributed by atoms with Crippen LogP contribution in [0.4, 0.5) is 11.4 Å². The van der Waals surface area contributed by atoms with Crippen molar-refractivity contribution in [3.63, 3.8) is 0 Å². The molecule has 2 aliphatic rings. The Labute approximate surface area is 146 Å². The van der Waals surface area contributed by atoms with E-state index in [1.165, 1.54) is 55.6 Å². The van der Waals surface area contributed by atoms with E-state index in [0.717, 1.165) is 5.69 Å². The monoisotopic (exact) mass is 328 g/mol. The van der Waals surface area contributed by atoms with Gasteiger partial charge in [-0.1, -0.05) is 20.8 Å². The summed E-state index contributed by atoms with van der Waals surface area (Å²) in [7, 11) is 0. The van der Waals surface area contributed by atoms with Crippen LogP contribution in [0.1, 0.15) is 64.0 Å². The molecule has 0 radical (unpaired) electrons.